The molecule has 1 unspecified atom stereocenters. The number of rotatable bonds is 2. The second-order valence-corrected chi connectivity index (χ2v) is 2.30. The summed E-state index contributed by atoms with van der Waals surface area (Å²) in [6.07, 6.45) is 6.85. The summed E-state index contributed by atoms with van der Waals surface area (Å²) in [5.74, 6) is 0. The van der Waals surface area contributed by atoms with Crippen LogP contribution in [0.25, 0.3) is 0 Å². The van der Waals surface area contributed by atoms with Crippen LogP contribution in [0, 0.1) is 10.1 Å². The summed E-state index contributed by atoms with van der Waals surface area (Å²) < 4.78 is 4.80. The van der Waals surface area contributed by atoms with E-state index in [9.17, 15) is 10.1 Å². The smallest absolute Gasteiger partial charge is 0.315 e. The molecule has 0 N–H and O–H groups in total. The largest absolute Gasteiger partial charge is 0.347 e. The predicted octanol–water partition coefficient (Wildman–Crippen LogP) is 1.12. The van der Waals surface area contributed by atoms with Crippen LogP contribution in [0.1, 0.15) is 6.42 Å². The van der Waals surface area contributed by atoms with Gasteiger partial charge in [0.2, 0.25) is 0 Å². The molecule has 0 fully saturated rings. The van der Waals surface area contributed by atoms with Gasteiger partial charge < -0.3 is 4.74 Å². The van der Waals surface area contributed by atoms with Gasteiger partial charge in [-0.1, -0.05) is 18.2 Å². The van der Waals surface area contributed by atoms with Gasteiger partial charge in [0.1, 0.15) is 0 Å². The Kier molecular flexibility index (Phi) is 2.05. The molecule has 0 radical (unpaired) electrons. The number of hydrogen-bond acceptors (Lipinski definition) is 3. The maximum atomic E-state index is 10.5. The van der Waals surface area contributed by atoms with Crippen LogP contribution in [-0.2, 0) is 4.74 Å². The lowest BCUT2D eigenvalue weighted by Crippen LogP contribution is -2.38. The Morgan fingerprint density at radius 3 is 2.64 bits per heavy atom. The molecule has 1 atom stereocenters. The summed E-state index contributed by atoms with van der Waals surface area (Å²) in [4.78, 5) is 10.1. The highest BCUT2D eigenvalue weighted by atomic mass is 16.7. The summed E-state index contributed by atoms with van der Waals surface area (Å²) in [5, 5.41) is 10.5. The molecule has 1 aliphatic carbocycles. The Balaban J connectivity index is 2.85. The Morgan fingerprint density at radius 2 is 2.36 bits per heavy atom. The Bertz CT molecular complexity index is 222. The third kappa shape index (κ3) is 1.30. The van der Waals surface area contributed by atoms with Gasteiger partial charge in [-0.05, 0) is 0 Å². The maximum Gasteiger partial charge on any atom is 0.347 e. The minimum atomic E-state index is -1.32. The van der Waals surface area contributed by atoms with Gasteiger partial charge in [0, 0.05) is 13.2 Å². The van der Waals surface area contributed by atoms with Gasteiger partial charge in [0.25, 0.3) is 0 Å². The van der Waals surface area contributed by atoms with Crippen LogP contribution in [0.2, 0.25) is 0 Å². The van der Waals surface area contributed by atoms with Crippen molar-refractivity contribution in [1.82, 2.24) is 0 Å². The van der Waals surface area contributed by atoms with Crippen LogP contribution in [-0.4, -0.2) is 17.8 Å². The maximum absolute atomic E-state index is 10.5. The first-order chi connectivity index (χ1) is 5.21. The fourth-order valence-corrected chi connectivity index (χ4v) is 0.951. The summed E-state index contributed by atoms with van der Waals surface area (Å²) in [6, 6.07) is 0. The van der Waals surface area contributed by atoms with E-state index in [2.05, 4.69) is 0 Å². The zero-order valence-corrected chi connectivity index (χ0v) is 6.19. The van der Waals surface area contributed by atoms with Crippen LogP contribution in [0.15, 0.2) is 24.3 Å². The van der Waals surface area contributed by atoms with Crippen LogP contribution in [0.4, 0.5) is 0 Å². The van der Waals surface area contributed by atoms with Gasteiger partial charge >= 0.3 is 5.72 Å². The lowest BCUT2D eigenvalue weighted by Gasteiger charge is -2.19. The van der Waals surface area contributed by atoms with Crippen LogP contribution < -0.4 is 0 Å². The predicted molar refractivity (Wildman–Crippen MR) is 39.6 cm³/mol. The van der Waals surface area contributed by atoms with E-state index in [0.717, 1.165) is 0 Å². The summed E-state index contributed by atoms with van der Waals surface area (Å²) in [6.45, 7) is 0. The molecule has 11 heavy (non-hydrogen) atoms. The number of methoxy groups -OCH3 is 1. The van der Waals surface area contributed by atoms with E-state index < -0.39 is 10.6 Å². The molecule has 0 aliphatic heterocycles. The zero-order chi connectivity index (χ0) is 8.32. The second kappa shape index (κ2) is 2.84. The highest BCUT2D eigenvalue weighted by Gasteiger charge is 2.39. The summed E-state index contributed by atoms with van der Waals surface area (Å²) in [7, 11) is 1.34. The monoisotopic (exact) mass is 155 g/mol. The third-order valence-electron chi connectivity index (χ3n) is 1.68. The number of nitrogens with zero attached hydrogens (tertiary/aromatic N) is 1. The second-order valence-electron chi connectivity index (χ2n) is 2.30. The Morgan fingerprint density at radius 1 is 1.64 bits per heavy atom. The molecule has 0 aromatic rings. The minimum Gasteiger partial charge on any atom is -0.315 e. The lowest BCUT2D eigenvalue weighted by molar-refractivity contribution is -0.610. The van der Waals surface area contributed by atoms with Crippen LogP contribution in [0.5, 0.6) is 0 Å². The first-order valence-corrected chi connectivity index (χ1v) is 3.25. The van der Waals surface area contributed by atoms with Crippen molar-refractivity contribution in [2.24, 2.45) is 0 Å². The molecule has 0 aromatic carbocycles. The third-order valence-corrected chi connectivity index (χ3v) is 1.68. The van der Waals surface area contributed by atoms with E-state index in [1.165, 1.54) is 13.2 Å². The summed E-state index contributed by atoms with van der Waals surface area (Å²) in [5.41, 5.74) is -1.32. The van der Waals surface area contributed by atoms with Gasteiger partial charge in [0.05, 0.1) is 11.3 Å². The van der Waals surface area contributed by atoms with Crippen LogP contribution >= 0.6 is 0 Å². The van der Waals surface area contributed by atoms with Gasteiger partial charge in [0.15, 0.2) is 0 Å². The molecule has 0 saturated carbocycles. The fraction of sp³-hybridized carbons (Fsp3) is 0.429. The Hall–Kier alpha value is -1.16. The number of nitro groups is 1. The number of hydrogen-bond donors (Lipinski definition) is 0. The standard InChI is InChI=1S/C7H9NO3/c1-11-7(8(9)10)5-3-2-4-6-7/h2-5H,6H2,1H3. The highest BCUT2D eigenvalue weighted by Crippen LogP contribution is 2.21. The zero-order valence-electron chi connectivity index (χ0n) is 6.19. The number of allylic oxidation sites excluding steroid dienone is 2. The molecule has 1 aliphatic rings. The Labute approximate surface area is 64.3 Å². The number of ether oxygens (including phenoxy) is 1. The highest BCUT2D eigenvalue weighted by molar-refractivity contribution is 5.14. The van der Waals surface area contributed by atoms with Crippen molar-refractivity contribution >= 4 is 0 Å². The molecule has 4 nitrogen and oxygen atoms in total. The SMILES string of the molecule is COC1([N+](=O)[O-])C=CC=CC1. The fourth-order valence-electron chi connectivity index (χ4n) is 0.951. The van der Waals surface area contributed by atoms with E-state index in [1.54, 1.807) is 18.2 Å². The van der Waals surface area contributed by atoms with E-state index in [4.69, 9.17) is 4.74 Å². The van der Waals surface area contributed by atoms with Gasteiger partial charge in [-0.2, -0.15) is 0 Å². The molecule has 60 valence electrons. The van der Waals surface area contributed by atoms with Crippen molar-refractivity contribution in [2.45, 2.75) is 12.1 Å². The molecular weight excluding hydrogens is 146 g/mol. The van der Waals surface area contributed by atoms with Crippen molar-refractivity contribution in [3.63, 3.8) is 0 Å². The molecule has 4 heteroatoms. The lowest BCUT2D eigenvalue weighted by atomic mass is 10.1. The average Bonchev–Trinajstić information content (AvgIpc) is 2.05. The first kappa shape index (κ1) is 7.94. The van der Waals surface area contributed by atoms with E-state index >= 15 is 0 Å². The molecular formula is C7H9NO3. The quantitative estimate of drug-likeness (QED) is 0.341. The summed E-state index contributed by atoms with van der Waals surface area (Å²) >= 11 is 0. The van der Waals surface area contributed by atoms with E-state index in [1.807, 2.05) is 0 Å². The molecule has 0 amide bonds. The molecule has 0 heterocycles. The van der Waals surface area contributed by atoms with Crippen molar-refractivity contribution < 1.29 is 9.66 Å². The van der Waals surface area contributed by atoms with Crippen molar-refractivity contribution in [2.75, 3.05) is 7.11 Å². The normalized spacial score (nSPS) is 28.8. The molecule has 0 spiro atoms. The van der Waals surface area contributed by atoms with E-state index in [-0.39, 0.29) is 0 Å². The van der Waals surface area contributed by atoms with E-state index in [0.29, 0.717) is 6.42 Å². The van der Waals surface area contributed by atoms with Crippen LogP contribution in [0.3, 0.4) is 0 Å². The topological polar surface area (TPSA) is 52.4 Å². The van der Waals surface area contributed by atoms with Gasteiger partial charge in [-0.15, -0.1) is 0 Å². The van der Waals surface area contributed by atoms with Crippen molar-refractivity contribution in [3.8, 4) is 0 Å². The molecule has 1 rings (SSSR count). The van der Waals surface area contributed by atoms with Gasteiger partial charge in [-0.3, -0.25) is 10.1 Å². The minimum absolute atomic E-state index is 0.299. The van der Waals surface area contributed by atoms with Gasteiger partial charge in [-0.25, -0.2) is 0 Å². The van der Waals surface area contributed by atoms with Crippen molar-refractivity contribution in [3.05, 3.63) is 34.4 Å². The molecule has 0 bridgehead atoms. The molecule has 0 aromatic heterocycles. The van der Waals surface area contributed by atoms with Crippen molar-refractivity contribution in [1.29, 1.82) is 0 Å². The first-order valence-electron chi connectivity index (χ1n) is 3.25. The molecule has 0 saturated heterocycles. The average molecular weight is 155 g/mol.